The molecule has 0 atom stereocenters. The fourth-order valence-electron chi connectivity index (χ4n) is 2.85. The molecule has 11 nitrogen and oxygen atoms in total. The second kappa shape index (κ2) is 10.4. The molecule has 0 aliphatic rings. The van der Waals surface area contributed by atoms with Gasteiger partial charge in [-0.1, -0.05) is 11.6 Å². The van der Waals surface area contributed by atoms with Crippen LogP contribution in [0.5, 0.6) is 11.5 Å². The number of amides is 1. The average Bonchev–Trinajstić information content (AvgIpc) is 3.34. The van der Waals surface area contributed by atoms with Crippen LogP contribution in [0.15, 0.2) is 77.8 Å². The Labute approximate surface area is 205 Å². The van der Waals surface area contributed by atoms with E-state index in [0.717, 1.165) is 0 Å². The zero-order chi connectivity index (χ0) is 24.8. The number of ether oxygens (including phenoxy) is 2. The van der Waals surface area contributed by atoms with Gasteiger partial charge in [0.2, 0.25) is 0 Å². The number of anilines is 2. The van der Waals surface area contributed by atoms with E-state index < -0.39 is 15.9 Å². The molecule has 0 spiro atoms. The molecule has 4 rings (SSSR count). The molecule has 4 aromatic rings. The summed E-state index contributed by atoms with van der Waals surface area (Å²) in [6, 6.07) is 17.0. The van der Waals surface area contributed by atoms with Crippen molar-refractivity contribution in [3.8, 4) is 11.5 Å². The van der Waals surface area contributed by atoms with E-state index in [0.29, 0.717) is 17.2 Å². The van der Waals surface area contributed by atoms with Crippen molar-refractivity contribution in [3.63, 3.8) is 0 Å². The number of hydrogen-bond acceptors (Lipinski definition) is 8. The lowest BCUT2D eigenvalue weighted by molar-refractivity contribution is 0.102. The van der Waals surface area contributed by atoms with Gasteiger partial charge in [-0.05, 0) is 66.7 Å². The molecule has 2 heterocycles. The summed E-state index contributed by atoms with van der Waals surface area (Å²) in [5.41, 5.74) is 0.562. The van der Waals surface area contributed by atoms with E-state index >= 15 is 0 Å². The van der Waals surface area contributed by atoms with Crippen LogP contribution in [0.1, 0.15) is 10.5 Å². The summed E-state index contributed by atoms with van der Waals surface area (Å²) in [4.78, 5) is 12.5. The molecule has 2 N–H and O–H groups in total. The molecular weight excluding hydrogens is 496 g/mol. The number of sulfonamides is 1. The van der Waals surface area contributed by atoms with Crippen LogP contribution < -0.4 is 19.5 Å². The summed E-state index contributed by atoms with van der Waals surface area (Å²) in [6.45, 7) is 0.108. The largest absolute Gasteiger partial charge is 0.497 e. The first-order chi connectivity index (χ1) is 16.8. The normalized spacial score (nSPS) is 11.0. The van der Waals surface area contributed by atoms with Gasteiger partial charge in [0.05, 0.1) is 12.0 Å². The number of nitrogens with zero attached hydrogens (tertiary/aromatic N) is 4. The van der Waals surface area contributed by atoms with Gasteiger partial charge in [-0.25, -0.2) is 13.1 Å². The van der Waals surface area contributed by atoms with Gasteiger partial charge in [-0.3, -0.25) is 9.52 Å². The maximum absolute atomic E-state index is 12.5. The molecule has 0 aliphatic heterocycles. The van der Waals surface area contributed by atoms with Gasteiger partial charge in [-0.2, -0.15) is 5.10 Å². The van der Waals surface area contributed by atoms with E-state index in [2.05, 4.69) is 25.3 Å². The highest BCUT2D eigenvalue weighted by atomic mass is 35.5. The first-order valence-electron chi connectivity index (χ1n) is 10.1. The molecule has 0 saturated heterocycles. The van der Waals surface area contributed by atoms with Crippen molar-refractivity contribution in [1.29, 1.82) is 0 Å². The minimum atomic E-state index is -3.90. The minimum absolute atomic E-state index is 0.0211. The Hall–Kier alpha value is -4.16. The Morgan fingerprint density at radius 1 is 0.971 bits per heavy atom. The number of benzene rings is 2. The maximum atomic E-state index is 12.5. The van der Waals surface area contributed by atoms with Crippen molar-refractivity contribution in [2.75, 3.05) is 17.1 Å². The van der Waals surface area contributed by atoms with E-state index in [1.54, 1.807) is 43.6 Å². The number of methoxy groups -OCH3 is 1. The summed E-state index contributed by atoms with van der Waals surface area (Å²) in [5.74, 6) is 0.907. The number of rotatable bonds is 9. The number of halogens is 1. The third kappa shape index (κ3) is 6.25. The predicted molar refractivity (Wildman–Crippen MR) is 128 cm³/mol. The van der Waals surface area contributed by atoms with E-state index in [9.17, 15) is 13.2 Å². The van der Waals surface area contributed by atoms with E-state index in [1.165, 1.54) is 41.1 Å². The molecule has 0 fully saturated rings. The summed E-state index contributed by atoms with van der Waals surface area (Å²) < 4.78 is 39.5. The van der Waals surface area contributed by atoms with E-state index in [1.807, 2.05) is 0 Å². The molecule has 0 aliphatic carbocycles. The number of carbonyl (C=O) groups is 1. The Kier molecular flexibility index (Phi) is 7.13. The van der Waals surface area contributed by atoms with Gasteiger partial charge in [-0.15, -0.1) is 10.2 Å². The molecule has 0 saturated carbocycles. The lowest BCUT2D eigenvalue weighted by atomic mass is 10.3. The quantitative estimate of drug-likeness (QED) is 0.346. The van der Waals surface area contributed by atoms with Crippen LogP contribution in [-0.4, -0.2) is 41.4 Å². The number of carbonyl (C=O) groups excluding carboxylic acids is 1. The smallest absolute Gasteiger partial charge is 0.276 e. The maximum Gasteiger partial charge on any atom is 0.276 e. The van der Waals surface area contributed by atoms with Crippen LogP contribution in [0, 0.1) is 0 Å². The summed E-state index contributed by atoms with van der Waals surface area (Å²) in [5, 5.41) is 14.3. The van der Waals surface area contributed by atoms with E-state index in [4.69, 9.17) is 21.1 Å². The van der Waals surface area contributed by atoms with Crippen molar-refractivity contribution >= 4 is 39.0 Å². The Balaban J connectivity index is 1.34. The predicted octanol–water partition coefficient (Wildman–Crippen LogP) is 3.42. The lowest BCUT2D eigenvalue weighted by Crippen LogP contribution is -2.15. The highest BCUT2D eigenvalue weighted by molar-refractivity contribution is 7.92. The van der Waals surface area contributed by atoms with Crippen LogP contribution in [0.2, 0.25) is 5.15 Å². The van der Waals surface area contributed by atoms with Gasteiger partial charge in [0, 0.05) is 11.9 Å². The summed E-state index contributed by atoms with van der Waals surface area (Å²) in [6.07, 6.45) is 1.61. The third-order valence-corrected chi connectivity index (χ3v) is 6.16. The summed E-state index contributed by atoms with van der Waals surface area (Å²) in [7, 11) is -2.32. The van der Waals surface area contributed by atoms with Crippen LogP contribution >= 0.6 is 11.6 Å². The minimum Gasteiger partial charge on any atom is -0.497 e. The topological polar surface area (TPSA) is 137 Å². The third-order valence-electron chi connectivity index (χ3n) is 4.59. The van der Waals surface area contributed by atoms with Gasteiger partial charge in [0.15, 0.2) is 23.4 Å². The van der Waals surface area contributed by atoms with Crippen molar-refractivity contribution < 1.29 is 22.7 Å². The second-order valence-corrected chi connectivity index (χ2v) is 9.08. The molecule has 2 aromatic carbocycles. The van der Waals surface area contributed by atoms with Gasteiger partial charge in [0.25, 0.3) is 15.9 Å². The molecule has 0 radical (unpaired) electrons. The molecule has 0 unspecified atom stereocenters. The Bertz CT molecular complexity index is 1410. The first-order valence-corrected chi connectivity index (χ1v) is 11.9. The summed E-state index contributed by atoms with van der Waals surface area (Å²) >= 11 is 5.65. The molecule has 13 heteroatoms. The average molecular weight is 515 g/mol. The number of nitrogens with one attached hydrogen (secondary N) is 2. The molecule has 1 amide bonds. The molecular formula is C22H19ClN6O5S. The number of hydrogen-bond donors (Lipinski definition) is 2. The van der Waals surface area contributed by atoms with Gasteiger partial charge < -0.3 is 14.8 Å². The lowest BCUT2D eigenvalue weighted by Gasteiger charge is -2.08. The van der Waals surface area contributed by atoms with Crippen LogP contribution in [0.3, 0.4) is 0 Å². The fourth-order valence-corrected chi connectivity index (χ4v) is 3.94. The standard InChI is InChI=1S/C22H19ClN6O5S/c1-33-16-4-6-17(7-5-16)34-14-29-13-12-19(27-29)22(30)24-15-2-8-18(9-3-15)35(31,32)28-21-11-10-20(23)25-26-21/h2-13H,14H2,1H3,(H,24,30)(H,26,28). The fraction of sp³-hybridized carbons (Fsp3) is 0.0909. The van der Waals surface area contributed by atoms with Crippen molar-refractivity contribution in [1.82, 2.24) is 20.0 Å². The SMILES string of the molecule is COc1ccc(OCn2ccc(C(=O)Nc3ccc(S(=O)(=O)Nc4ccc(Cl)nn4)cc3)n2)cc1. The second-order valence-electron chi connectivity index (χ2n) is 7.01. The van der Waals surface area contributed by atoms with Crippen LogP contribution in [0.4, 0.5) is 11.5 Å². The zero-order valence-electron chi connectivity index (χ0n) is 18.3. The number of aromatic nitrogens is 4. The first kappa shape index (κ1) is 24.0. The van der Waals surface area contributed by atoms with E-state index in [-0.39, 0.29) is 28.3 Å². The highest BCUT2D eigenvalue weighted by Crippen LogP contribution is 2.19. The van der Waals surface area contributed by atoms with Crippen molar-refractivity contribution in [2.24, 2.45) is 0 Å². The van der Waals surface area contributed by atoms with Crippen molar-refractivity contribution in [3.05, 3.63) is 83.8 Å². The zero-order valence-corrected chi connectivity index (χ0v) is 19.8. The Morgan fingerprint density at radius 2 is 1.69 bits per heavy atom. The van der Waals surface area contributed by atoms with Gasteiger partial charge in [0.1, 0.15) is 11.5 Å². The molecule has 2 aromatic heterocycles. The molecule has 180 valence electrons. The van der Waals surface area contributed by atoms with Crippen LogP contribution in [0.25, 0.3) is 0 Å². The van der Waals surface area contributed by atoms with Crippen molar-refractivity contribution in [2.45, 2.75) is 11.6 Å². The Morgan fingerprint density at radius 3 is 2.34 bits per heavy atom. The highest BCUT2D eigenvalue weighted by Gasteiger charge is 2.16. The molecule has 35 heavy (non-hydrogen) atoms. The monoisotopic (exact) mass is 514 g/mol. The van der Waals surface area contributed by atoms with Crippen LogP contribution in [-0.2, 0) is 16.8 Å². The van der Waals surface area contributed by atoms with Gasteiger partial charge >= 0.3 is 0 Å². The molecule has 0 bridgehead atoms.